The number of carbonyl (C=O) groups is 1. The van der Waals surface area contributed by atoms with E-state index < -0.39 is 0 Å². The number of ether oxygens (including phenoxy) is 1. The average Bonchev–Trinajstić information content (AvgIpc) is 3.29. The first kappa shape index (κ1) is 25.4. The van der Waals surface area contributed by atoms with E-state index >= 15 is 0 Å². The van der Waals surface area contributed by atoms with Crippen LogP contribution in [0.4, 0.5) is 0 Å². The molecule has 4 aromatic rings. The summed E-state index contributed by atoms with van der Waals surface area (Å²) in [5, 5.41) is 8.98. The van der Waals surface area contributed by atoms with Gasteiger partial charge in [0, 0.05) is 21.8 Å². The van der Waals surface area contributed by atoms with E-state index in [1.807, 2.05) is 85.4 Å². The van der Waals surface area contributed by atoms with Gasteiger partial charge in [-0.1, -0.05) is 71.7 Å². The summed E-state index contributed by atoms with van der Waals surface area (Å²) >= 11 is 3.57. The van der Waals surface area contributed by atoms with Crippen LogP contribution in [0.5, 0.6) is 5.75 Å². The van der Waals surface area contributed by atoms with Crippen molar-refractivity contribution in [3.8, 4) is 22.7 Å². The molecule has 0 atom stereocenters. The predicted molar refractivity (Wildman–Crippen MR) is 148 cm³/mol. The zero-order chi connectivity index (χ0) is 25.7. The minimum Gasteiger partial charge on any atom is -0.483 e. The molecule has 1 heterocycles. The van der Waals surface area contributed by atoms with Crippen LogP contribution >= 0.6 is 15.9 Å². The van der Waals surface area contributed by atoms with Crippen molar-refractivity contribution in [3.63, 3.8) is 0 Å². The lowest BCUT2D eigenvalue weighted by atomic mass is 10.0. The number of carbonyl (C=O) groups excluding carboxylic acids is 1. The lowest BCUT2D eigenvalue weighted by molar-refractivity contribution is -0.123. The second-order valence-corrected chi connectivity index (χ2v) is 9.81. The standard InChI is InChI=1S/C29H29BrN4O2/c1-19(2)25-15-26(30)21(4)14-27(25)36-18-28(35)32-31-16-23-17-34(24-11-6-5-7-12-24)33-29(23)22-10-8-9-20(3)13-22/h5-17,19H,18H2,1-4H3,(H,32,35)/b31-16-. The molecule has 0 aliphatic rings. The Morgan fingerprint density at radius 1 is 1.11 bits per heavy atom. The summed E-state index contributed by atoms with van der Waals surface area (Å²) in [6.45, 7) is 8.09. The van der Waals surface area contributed by atoms with E-state index in [9.17, 15) is 4.79 Å². The third kappa shape index (κ3) is 6.10. The van der Waals surface area contributed by atoms with Gasteiger partial charge in [-0.25, -0.2) is 10.1 Å². The van der Waals surface area contributed by atoms with Gasteiger partial charge in [-0.3, -0.25) is 4.79 Å². The zero-order valence-electron chi connectivity index (χ0n) is 20.8. The van der Waals surface area contributed by atoms with Crippen molar-refractivity contribution < 1.29 is 9.53 Å². The summed E-state index contributed by atoms with van der Waals surface area (Å²) in [4.78, 5) is 12.5. The second-order valence-electron chi connectivity index (χ2n) is 8.96. The lowest BCUT2D eigenvalue weighted by Crippen LogP contribution is -2.25. The predicted octanol–water partition coefficient (Wildman–Crippen LogP) is 6.57. The average molecular weight is 545 g/mol. The van der Waals surface area contributed by atoms with Gasteiger partial charge >= 0.3 is 0 Å². The normalized spacial score (nSPS) is 11.3. The highest BCUT2D eigenvalue weighted by Gasteiger charge is 2.14. The number of nitrogens with one attached hydrogen (secondary N) is 1. The Bertz CT molecular complexity index is 1390. The topological polar surface area (TPSA) is 68.5 Å². The molecule has 36 heavy (non-hydrogen) atoms. The molecule has 0 saturated carbocycles. The van der Waals surface area contributed by atoms with Crippen LogP contribution in [0.25, 0.3) is 16.9 Å². The number of rotatable bonds is 8. The number of aryl methyl sites for hydroxylation is 2. The van der Waals surface area contributed by atoms with Crippen LogP contribution in [-0.4, -0.2) is 28.5 Å². The van der Waals surface area contributed by atoms with Crippen LogP contribution in [0.3, 0.4) is 0 Å². The molecular weight excluding hydrogens is 516 g/mol. The Kier molecular flexibility index (Phi) is 8.00. The summed E-state index contributed by atoms with van der Waals surface area (Å²) < 4.78 is 8.68. The Balaban J connectivity index is 1.50. The number of aromatic nitrogens is 2. The van der Waals surface area contributed by atoms with Crippen LogP contribution in [0.1, 0.15) is 42.0 Å². The smallest absolute Gasteiger partial charge is 0.277 e. The molecule has 0 aliphatic heterocycles. The monoisotopic (exact) mass is 544 g/mol. The molecule has 184 valence electrons. The maximum atomic E-state index is 12.5. The highest BCUT2D eigenvalue weighted by Crippen LogP contribution is 2.32. The maximum absolute atomic E-state index is 12.5. The van der Waals surface area contributed by atoms with Gasteiger partial charge in [-0.05, 0) is 61.2 Å². The van der Waals surface area contributed by atoms with Gasteiger partial charge in [-0.15, -0.1) is 0 Å². The molecule has 0 fully saturated rings. The highest BCUT2D eigenvalue weighted by molar-refractivity contribution is 9.10. The minimum absolute atomic E-state index is 0.133. The van der Waals surface area contributed by atoms with Crippen molar-refractivity contribution in [2.45, 2.75) is 33.6 Å². The molecule has 0 saturated heterocycles. The molecule has 3 aromatic carbocycles. The van der Waals surface area contributed by atoms with Crippen LogP contribution in [0.2, 0.25) is 0 Å². The number of para-hydroxylation sites is 1. The molecule has 1 aromatic heterocycles. The molecule has 0 bridgehead atoms. The van der Waals surface area contributed by atoms with Gasteiger partial charge in [0.15, 0.2) is 6.61 Å². The van der Waals surface area contributed by atoms with Crippen LogP contribution in [0, 0.1) is 13.8 Å². The van der Waals surface area contributed by atoms with Gasteiger partial charge in [0.1, 0.15) is 11.4 Å². The molecular formula is C29H29BrN4O2. The Morgan fingerprint density at radius 2 is 1.89 bits per heavy atom. The summed E-state index contributed by atoms with van der Waals surface area (Å²) in [6.07, 6.45) is 3.52. The first-order chi connectivity index (χ1) is 17.3. The zero-order valence-corrected chi connectivity index (χ0v) is 22.4. The first-order valence-corrected chi connectivity index (χ1v) is 12.6. The van der Waals surface area contributed by atoms with E-state index in [0.29, 0.717) is 5.75 Å². The van der Waals surface area contributed by atoms with Crippen molar-refractivity contribution in [2.24, 2.45) is 5.10 Å². The Hall–Kier alpha value is -3.71. The molecule has 4 rings (SSSR count). The van der Waals surface area contributed by atoms with E-state index in [0.717, 1.165) is 43.7 Å². The summed E-state index contributed by atoms with van der Waals surface area (Å²) in [5.41, 5.74) is 9.29. The van der Waals surface area contributed by atoms with Gasteiger partial charge in [0.2, 0.25) is 0 Å². The fourth-order valence-electron chi connectivity index (χ4n) is 3.81. The van der Waals surface area contributed by atoms with Gasteiger partial charge in [0.05, 0.1) is 11.9 Å². The molecule has 0 radical (unpaired) electrons. The van der Waals surface area contributed by atoms with E-state index in [4.69, 9.17) is 9.84 Å². The third-order valence-corrected chi connectivity index (χ3v) is 6.57. The lowest BCUT2D eigenvalue weighted by Gasteiger charge is -2.15. The largest absolute Gasteiger partial charge is 0.483 e. The van der Waals surface area contributed by atoms with Crippen molar-refractivity contribution in [1.82, 2.24) is 15.2 Å². The van der Waals surface area contributed by atoms with Gasteiger partial charge in [0.25, 0.3) is 5.91 Å². The number of amides is 1. The second kappa shape index (κ2) is 11.4. The van der Waals surface area contributed by atoms with Crippen LogP contribution in [-0.2, 0) is 4.79 Å². The Morgan fingerprint density at radius 3 is 2.61 bits per heavy atom. The summed E-state index contributed by atoms with van der Waals surface area (Å²) in [5.74, 6) is 0.629. The maximum Gasteiger partial charge on any atom is 0.277 e. The third-order valence-electron chi connectivity index (χ3n) is 5.72. The molecule has 7 heteroatoms. The number of hydrogen-bond donors (Lipinski definition) is 1. The number of halogens is 1. The van der Waals surface area contributed by atoms with Crippen LogP contribution in [0.15, 0.2) is 82.5 Å². The highest BCUT2D eigenvalue weighted by atomic mass is 79.9. The summed E-state index contributed by atoms with van der Waals surface area (Å²) in [7, 11) is 0. The minimum atomic E-state index is -0.339. The SMILES string of the molecule is Cc1cccc(-c2nn(-c3ccccc3)cc2/C=N\NC(=O)COc2cc(C)c(Br)cc2C(C)C)c1. The number of nitrogens with zero attached hydrogens (tertiary/aromatic N) is 3. The molecule has 1 N–H and O–H groups in total. The van der Waals surface area contributed by atoms with E-state index in [1.165, 1.54) is 0 Å². The fraction of sp³-hybridized carbons (Fsp3) is 0.207. The first-order valence-electron chi connectivity index (χ1n) is 11.8. The van der Waals surface area contributed by atoms with Crippen molar-refractivity contribution >= 4 is 28.1 Å². The number of hydrogen-bond acceptors (Lipinski definition) is 4. The number of hydrazone groups is 1. The quantitative estimate of drug-likeness (QED) is 0.201. The molecule has 1 amide bonds. The summed E-state index contributed by atoms with van der Waals surface area (Å²) in [6, 6.07) is 22.0. The van der Waals surface area contributed by atoms with E-state index in [2.05, 4.69) is 46.4 Å². The number of benzene rings is 3. The van der Waals surface area contributed by atoms with Crippen molar-refractivity contribution in [3.05, 3.63) is 99.7 Å². The molecule has 0 unspecified atom stereocenters. The van der Waals surface area contributed by atoms with Crippen LogP contribution < -0.4 is 10.2 Å². The van der Waals surface area contributed by atoms with Gasteiger partial charge in [-0.2, -0.15) is 10.2 Å². The van der Waals surface area contributed by atoms with E-state index in [1.54, 1.807) is 6.21 Å². The Labute approximate surface area is 220 Å². The molecule has 6 nitrogen and oxygen atoms in total. The molecule has 0 aliphatic carbocycles. The fourth-order valence-corrected chi connectivity index (χ4v) is 4.17. The van der Waals surface area contributed by atoms with Crippen molar-refractivity contribution in [2.75, 3.05) is 6.61 Å². The van der Waals surface area contributed by atoms with E-state index in [-0.39, 0.29) is 18.4 Å². The van der Waals surface area contributed by atoms with Gasteiger partial charge < -0.3 is 4.74 Å². The van der Waals surface area contributed by atoms with Crippen molar-refractivity contribution in [1.29, 1.82) is 0 Å². The molecule has 0 spiro atoms.